The molecule has 2 aliphatic rings. The van der Waals surface area contributed by atoms with Crippen LogP contribution in [0.2, 0.25) is 0 Å². The average molecular weight is 353 g/mol. The summed E-state index contributed by atoms with van der Waals surface area (Å²) in [4.78, 5) is 29.6. The van der Waals surface area contributed by atoms with E-state index in [1.54, 1.807) is 7.11 Å². The molecule has 4 rings (SSSR count). The molecule has 0 saturated carbocycles. The Morgan fingerprint density at radius 2 is 2.04 bits per heavy atom. The Hall–Kier alpha value is -2.54. The number of hydrogen-bond donors (Lipinski definition) is 0. The summed E-state index contributed by atoms with van der Waals surface area (Å²) >= 11 is 0. The number of anilines is 1. The normalized spacial score (nSPS) is 16.5. The molecule has 0 bridgehead atoms. The van der Waals surface area contributed by atoms with Crippen LogP contribution in [0.1, 0.15) is 28.9 Å². The molecule has 0 spiro atoms. The monoisotopic (exact) mass is 353 g/mol. The van der Waals surface area contributed by atoms with E-state index in [9.17, 15) is 4.79 Å². The molecule has 0 unspecified atom stereocenters. The molecule has 136 valence electrons. The van der Waals surface area contributed by atoms with Gasteiger partial charge in [-0.3, -0.25) is 9.78 Å². The second-order valence-electron chi connectivity index (χ2n) is 7.11. The van der Waals surface area contributed by atoms with Crippen LogP contribution in [-0.4, -0.2) is 46.0 Å². The summed E-state index contributed by atoms with van der Waals surface area (Å²) in [7, 11) is 1.67. The number of nitrogens with zero attached hydrogens (tertiary/aromatic N) is 5. The molecule has 4 heterocycles. The molecule has 1 saturated heterocycles. The fourth-order valence-corrected chi connectivity index (χ4v) is 3.75. The van der Waals surface area contributed by atoms with E-state index >= 15 is 0 Å². The fourth-order valence-electron chi connectivity index (χ4n) is 3.75. The van der Waals surface area contributed by atoms with Crippen molar-refractivity contribution in [3.8, 4) is 0 Å². The first-order chi connectivity index (χ1) is 12.6. The number of amides is 1. The number of carbonyl (C=O) groups excluding carboxylic acids is 1. The van der Waals surface area contributed by atoms with Crippen molar-refractivity contribution in [2.45, 2.75) is 33.0 Å². The SMILES string of the molecule is COCc1cc(C)c2c(n1)CN(C(=O)CC1CN(c3cncnc3)C1)C2. The number of carbonyl (C=O) groups is 1. The maximum atomic E-state index is 12.7. The van der Waals surface area contributed by atoms with Crippen LogP contribution >= 0.6 is 0 Å². The zero-order valence-electron chi connectivity index (χ0n) is 15.2. The molecular formula is C19H23N5O2. The smallest absolute Gasteiger partial charge is 0.223 e. The highest BCUT2D eigenvalue weighted by Crippen LogP contribution is 2.29. The van der Waals surface area contributed by atoms with Crippen LogP contribution in [0.4, 0.5) is 5.69 Å². The molecule has 0 aromatic carbocycles. The van der Waals surface area contributed by atoms with Crippen LogP contribution < -0.4 is 4.90 Å². The van der Waals surface area contributed by atoms with Crippen molar-refractivity contribution in [3.63, 3.8) is 0 Å². The highest BCUT2D eigenvalue weighted by atomic mass is 16.5. The van der Waals surface area contributed by atoms with Crippen LogP contribution in [0.5, 0.6) is 0 Å². The number of hydrogen-bond acceptors (Lipinski definition) is 6. The molecule has 1 amide bonds. The average Bonchev–Trinajstić information content (AvgIpc) is 3.03. The number of rotatable bonds is 5. The van der Waals surface area contributed by atoms with Crippen LogP contribution in [-0.2, 0) is 29.2 Å². The topological polar surface area (TPSA) is 71.5 Å². The molecule has 7 nitrogen and oxygen atoms in total. The molecule has 0 atom stereocenters. The van der Waals surface area contributed by atoms with Gasteiger partial charge in [0.05, 0.1) is 42.6 Å². The Morgan fingerprint density at radius 1 is 1.27 bits per heavy atom. The number of aromatic nitrogens is 3. The van der Waals surface area contributed by atoms with Crippen molar-refractivity contribution in [2.75, 3.05) is 25.1 Å². The van der Waals surface area contributed by atoms with E-state index in [0.29, 0.717) is 32.0 Å². The van der Waals surface area contributed by atoms with Crippen molar-refractivity contribution in [3.05, 3.63) is 47.3 Å². The first kappa shape index (κ1) is 16.9. The summed E-state index contributed by atoms with van der Waals surface area (Å²) < 4.78 is 5.18. The molecule has 7 heteroatoms. The van der Waals surface area contributed by atoms with Gasteiger partial charge in [0.15, 0.2) is 0 Å². The second kappa shape index (κ2) is 6.99. The number of fused-ring (bicyclic) bond motifs is 1. The van der Waals surface area contributed by atoms with E-state index in [1.807, 2.05) is 17.3 Å². The van der Waals surface area contributed by atoms with Crippen molar-refractivity contribution in [1.82, 2.24) is 19.9 Å². The minimum Gasteiger partial charge on any atom is -0.378 e. The molecule has 0 radical (unpaired) electrons. The maximum Gasteiger partial charge on any atom is 0.223 e. The molecule has 0 aliphatic carbocycles. The van der Waals surface area contributed by atoms with E-state index in [1.165, 1.54) is 17.5 Å². The predicted molar refractivity (Wildman–Crippen MR) is 96.3 cm³/mol. The molecule has 2 aromatic heterocycles. The van der Waals surface area contributed by atoms with Crippen molar-refractivity contribution < 1.29 is 9.53 Å². The highest BCUT2D eigenvalue weighted by molar-refractivity contribution is 5.77. The van der Waals surface area contributed by atoms with E-state index in [0.717, 1.165) is 30.2 Å². The van der Waals surface area contributed by atoms with Gasteiger partial charge in [-0.2, -0.15) is 0 Å². The van der Waals surface area contributed by atoms with Crippen molar-refractivity contribution in [2.24, 2.45) is 5.92 Å². The summed E-state index contributed by atoms with van der Waals surface area (Å²) in [5.41, 5.74) is 5.35. The van der Waals surface area contributed by atoms with Crippen LogP contribution in [0, 0.1) is 12.8 Å². The third kappa shape index (κ3) is 3.26. The van der Waals surface area contributed by atoms with Crippen molar-refractivity contribution in [1.29, 1.82) is 0 Å². The number of methoxy groups -OCH3 is 1. The minimum atomic E-state index is 0.213. The maximum absolute atomic E-state index is 12.7. The first-order valence-corrected chi connectivity index (χ1v) is 8.89. The van der Waals surface area contributed by atoms with Gasteiger partial charge in [-0.05, 0) is 24.1 Å². The van der Waals surface area contributed by atoms with E-state index in [4.69, 9.17) is 4.74 Å². The van der Waals surface area contributed by atoms with E-state index in [-0.39, 0.29) is 5.91 Å². The number of ether oxygens (including phenoxy) is 1. The fraction of sp³-hybridized carbons (Fsp3) is 0.474. The molecular weight excluding hydrogens is 330 g/mol. The van der Waals surface area contributed by atoms with Gasteiger partial charge in [0.25, 0.3) is 0 Å². The molecule has 26 heavy (non-hydrogen) atoms. The summed E-state index contributed by atoms with van der Waals surface area (Å²) in [6.07, 6.45) is 5.74. The Morgan fingerprint density at radius 3 is 2.77 bits per heavy atom. The number of aryl methyl sites for hydroxylation is 1. The van der Waals surface area contributed by atoms with Gasteiger partial charge < -0.3 is 14.5 Å². The molecule has 2 aromatic rings. The summed E-state index contributed by atoms with van der Waals surface area (Å²) in [5, 5.41) is 0. The Balaban J connectivity index is 1.33. The Kier molecular flexibility index (Phi) is 4.55. The first-order valence-electron chi connectivity index (χ1n) is 8.89. The van der Waals surface area contributed by atoms with Gasteiger partial charge in [0, 0.05) is 39.1 Å². The lowest BCUT2D eigenvalue weighted by atomic mass is 9.95. The van der Waals surface area contributed by atoms with Gasteiger partial charge in [-0.25, -0.2) is 9.97 Å². The molecule has 0 N–H and O–H groups in total. The second-order valence-corrected chi connectivity index (χ2v) is 7.11. The Bertz CT molecular complexity index is 805. The lowest BCUT2D eigenvalue weighted by Gasteiger charge is -2.40. The standard InChI is InChI=1S/C19H23N5O2/c1-13-3-15(11-26-2)22-18-10-24(9-17(13)18)19(25)4-14-7-23(8-14)16-5-20-12-21-6-16/h3,5-6,12,14H,4,7-11H2,1-2H3. The quantitative estimate of drug-likeness (QED) is 0.815. The molecule has 1 fully saturated rings. The summed E-state index contributed by atoms with van der Waals surface area (Å²) in [5.74, 6) is 0.606. The summed E-state index contributed by atoms with van der Waals surface area (Å²) in [6, 6.07) is 2.06. The minimum absolute atomic E-state index is 0.213. The lowest BCUT2D eigenvalue weighted by molar-refractivity contribution is -0.133. The zero-order chi connectivity index (χ0) is 18.1. The third-order valence-corrected chi connectivity index (χ3v) is 5.15. The predicted octanol–water partition coefficient (Wildman–Crippen LogP) is 1.70. The van der Waals surface area contributed by atoms with Gasteiger partial charge in [-0.15, -0.1) is 0 Å². The van der Waals surface area contributed by atoms with Gasteiger partial charge in [-0.1, -0.05) is 0 Å². The third-order valence-electron chi connectivity index (χ3n) is 5.15. The van der Waals surface area contributed by atoms with Crippen LogP contribution in [0.3, 0.4) is 0 Å². The zero-order valence-corrected chi connectivity index (χ0v) is 15.2. The van der Waals surface area contributed by atoms with E-state index < -0.39 is 0 Å². The van der Waals surface area contributed by atoms with Crippen LogP contribution in [0.15, 0.2) is 24.8 Å². The highest BCUT2D eigenvalue weighted by Gasteiger charge is 2.33. The molecule has 2 aliphatic heterocycles. The van der Waals surface area contributed by atoms with Gasteiger partial charge >= 0.3 is 0 Å². The summed E-state index contributed by atoms with van der Waals surface area (Å²) in [6.45, 7) is 5.63. The van der Waals surface area contributed by atoms with Crippen LogP contribution in [0.25, 0.3) is 0 Å². The Labute approximate surface area is 153 Å². The van der Waals surface area contributed by atoms with Crippen molar-refractivity contribution >= 4 is 11.6 Å². The van der Waals surface area contributed by atoms with Gasteiger partial charge in [0.2, 0.25) is 5.91 Å². The largest absolute Gasteiger partial charge is 0.378 e. The lowest BCUT2D eigenvalue weighted by Crippen LogP contribution is -2.48. The van der Waals surface area contributed by atoms with E-state index in [2.05, 4.69) is 32.8 Å². The van der Waals surface area contributed by atoms with Gasteiger partial charge in [0.1, 0.15) is 6.33 Å². The number of pyridine rings is 1.